The van der Waals surface area contributed by atoms with Crippen LogP contribution in [0, 0.1) is 0 Å². The van der Waals surface area contributed by atoms with Gasteiger partial charge in [-0.2, -0.15) is 4.31 Å². The zero-order valence-corrected chi connectivity index (χ0v) is 17.8. The summed E-state index contributed by atoms with van der Waals surface area (Å²) in [5.41, 5.74) is 0.175. The highest BCUT2D eigenvalue weighted by molar-refractivity contribution is 9.08. The Hall–Kier alpha value is -1.65. The van der Waals surface area contributed by atoms with Crippen molar-refractivity contribution in [2.45, 2.75) is 42.6 Å². The lowest BCUT2D eigenvalue weighted by atomic mass is 10.2. The highest BCUT2D eigenvalue weighted by Crippen LogP contribution is 2.23. The monoisotopic (exact) mass is 462 g/mol. The molecule has 1 aromatic carbocycles. The van der Waals surface area contributed by atoms with Crippen molar-refractivity contribution < 1.29 is 27.9 Å². The van der Waals surface area contributed by atoms with E-state index in [1.54, 1.807) is 32.9 Å². The molecule has 1 saturated heterocycles. The molecule has 27 heavy (non-hydrogen) atoms. The van der Waals surface area contributed by atoms with E-state index in [1.807, 2.05) is 0 Å². The van der Waals surface area contributed by atoms with Gasteiger partial charge in [0.25, 0.3) is 0 Å². The number of amides is 1. The minimum atomic E-state index is -4.01. The van der Waals surface area contributed by atoms with Gasteiger partial charge in [-0.05, 0) is 38.5 Å². The molecule has 8 nitrogen and oxygen atoms in total. The van der Waals surface area contributed by atoms with Gasteiger partial charge in [-0.25, -0.2) is 13.2 Å². The fourth-order valence-electron chi connectivity index (χ4n) is 2.63. The SMILES string of the molecule is CC(C)(C)OC(=O)N1CCN(S(=O)(=O)c2ccc(CBr)cc2)[C@@H](C(=O)O)C1. The molecule has 0 radical (unpaired) electrons. The van der Waals surface area contributed by atoms with Gasteiger partial charge in [-0.1, -0.05) is 28.1 Å². The summed E-state index contributed by atoms with van der Waals surface area (Å²) in [5.74, 6) is -1.32. The number of halogens is 1. The van der Waals surface area contributed by atoms with E-state index >= 15 is 0 Å². The number of sulfonamides is 1. The Kier molecular flexibility index (Phi) is 6.54. The van der Waals surface area contributed by atoms with Crippen LogP contribution in [0.1, 0.15) is 26.3 Å². The van der Waals surface area contributed by atoms with Crippen molar-refractivity contribution in [2.24, 2.45) is 0 Å². The second kappa shape index (κ2) is 8.15. The lowest BCUT2D eigenvalue weighted by Gasteiger charge is -2.38. The van der Waals surface area contributed by atoms with Crippen molar-refractivity contribution in [2.75, 3.05) is 19.6 Å². The maximum Gasteiger partial charge on any atom is 0.410 e. The summed E-state index contributed by atoms with van der Waals surface area (Å²) in [6.45, 7) is 4.77. The van der Waals surface area contributed by atoms with E-state index in [4.69, 9.17) is 4.74 Å². The number of piperazine rings is 1. The number of hydrogen-bond donors (Lipinski definition) is 1. The first-order chi connectivity index (χ1) is 12.5. The average Bonchev–Trinajstić information content (AvgIpc) is 2.59. The first-order valence-electron chi connectivity index (χ1n) is 8.33. The Bertz CT molecular complexity index is 804. The number of carboxylic acid groups (broad SMARTS) is 1. The molecule has 10 heteroatoms. The molecule has 1 aliphatic rings. The molecule has 1 fully saturated rings. The highest BCUT2D eigenvalue weighted by Gasteiger charge is 2.42. The summed E-state index contributed by atoms with van der Waals surface area (Å²) in [6, 6.07) is 4.84. The number of carbonyl (C=O) groups is 2. The van der Waals surface area contributed by atoms with E-state index in [-0.39, 0.29) is 24.5 Å². The lowest BCUT2D eigenvalue weighted by Crippen LogP contribution is -2.59. The second-order valence-electron chi connectivity index (χ2n) is 7.17. The Morgan fingerprint density at radius 2 is 1.81 bits per heavy atom. The molecule has 0 bridgehead atoms. The second-order valence-corrected chi connectivity index (χ2v) is 9.63. The third kappa shape index (κ3) is 5.20. The summed E-state index contributed by atoms with van der Waals surface area (Å²) in [5, 5.41) is 10.1. The van der Waals surface area contributed by atoms with Crippen molar-refractivity contribution in [3.05, 3.63) is 29.8 Å². The van der Waals surface area contributed by atoms with Crippen molar-refractivity contribution in [3.63, 3.8) is 0 Å². The maximum atomic E-state index is 12.9. The molecule has 0 aromatic heterocycles. The van der Waals surface area contributed by atoms with Gasteiger partial charge in [0, 0.05) is 18.4 Å². The third-order valence-electron chi connectivity index (χ3n) is 3.95. The molecule has 0 spiro atoms. The van der Waals surface area contributed by atoms with Gasteiger partial charge in [-0.15, -0.1) is 0 Å². The molecule has 1 heterocycles. The Morgan fingerprint density at radius 1 is 1.22 bits per heavy atom. The molecular formula is C17H23BrN2O6S. The van der Waals surface area contributed by atoms with Crippen LogP contribution < -0.4 is 0 Å². The highest BCUT2D eigenvalue weighted by atomic mass is 79.9. The van der Waals surface area contributed by atoms with Crippen molar-refractivity contribution >= 4 is 38.0 Å². The fourth-order valence-corrected chi connectivity index (χ4v) is 4.57. The van der Waals surface area contributed by atoms with Gasteiger partial charge in [0.05, 0.1) is 11.4 Å². The number of carboxylic acids is 1. The van der Waals surface area contributed by atoms with E-state index in [1.165, 1.54) is 17.0 Å². The molecule has 1 N–H and O–H groups in total. The largest absolute Gasteiger partial charge is 0.480 e. The molecule has 0 unspecified atom stereocenters. The molecule has 150 valence electrons. The van der Waals surface area contributed by atoms with E-state index in [2.05, 4.69) is 15.9 Å². The Balaban J connectivity index is 2.24. The smallest absolute Gasteiger partial charge is 0.410 e. The summed E-state index contributed by atoms with van der Waals surface area (Å²) < 4.78 is 32.0. The van der Waals surface area contributed by atoms with Crippen LogP contribution in [-0.4, -0.2) is 66.1 Å². The van der Waals surface area contributed by atoms with Gasteiger partial charge in [-0.3, -0.25) is 4.79 Å². The van der Waals surface area contributed by atoms with Crippen LogP contribution >= 0.6 is 15.9 Å². The fraction of sp³-hybridized carbons (Fsp3) is 0.529. The van der Waals surface area contributed by atoms with Crippen LogP contribution in [0.25, 0.3) is 0 Å². The first-order valence-corrected chi connectivity index (χ1v) is 10.9. The van der Waals surface area contributed by atoms with E-state index in [9.17, 15) is 23.1 Å². The van der Waals surface area contributed by atoms with Crippen molar-refractivity contribution in [1.82, 2.24) is 9.21 Å². The zero-order valence-electron chi connectivity index (χ0n) is 15.4. The predicted molar refractivity (Wildman–Crippen MR) is 102 cm³/mol. The quantitative estimate of drug-likeness (QED) is 0.688. The molecule has 1 aliphatic heterocycles. The number of nitrogens with zero attached hydrogens (tertiary/aromatic N) is 2. The molecule has 1 atom stereocenters. The first kappa shape index (κ1) is 21.6. The molecule has 2 rings (SSSR count). The number of carbonyl (C=O) groups excluding carboxylic acids is 1. The van der Waals surface area contributed by atoms with Gasteiger partial charge in [0.1, 0.15) is 11.6 Å². The minimum Gasteiger partial charge on any atom is -0.480 e. The Morgan fingerprint density at radius 3 is 2.30 bits per heavy atom. The number of ether oxygens (including phenoxy) is 1. The van der Waals surface area contributed by atoms with E-state index in [0.717, 1.165) is 9.87 Å². The summed E-state index contributed by atoms with van der Waals surface area (Å²) >= 11 is 3.29. The van der Waals surface area contributed by atoms with E-state index < -0.39 is 33.7 Å². The molecule has 0 aliphatic carbocycles. The normalized spacial score (nSPS) is 19.0. The van der Waals surface area contributed by atoms with Crippen LogP contribution in [0.2, 0.25) is 0 Å². The Labute approximate surface area is 167 Å². The number of aliphatic carboxylic acids is 1. The summed E-state index contributed by atoms with van der Waals surface area (Å²) in [4.78, 5) is 25.2. The van der Waals surface area contributed by atoms with Crippen LogP contribution in [0.3, 0.4) is 0 Å². The maximum absolute atomic E-state index is 12.9. The van der Waals surface area contributed by atoms with Crippen LogP contribution in [0.5, 0.6) is 0 Å². The predicted octanol–water partition coefficient (Wildman–Crippen LogP) is 2.28. The number of alkyl halides is 1. The number of benzene rings is 1. The van der Waals surface area contributed by atoms with Gasteiger partial charge in [0.2, 0.25) is 10.0 Å². The summed E-state index contributed by atoms with van der Waals surface area (Å²) in [7, 11) is -4.01. The van der Waals surface area contributed by atoms with Crippen LogP contribution in [0.15, 0.2) is 29.2 Å². The number of rotatable bonds is 4. The van der Waals surface area contributed by atoms with E-state index in [0.29, 0.717) is 5.33 Å². The van der Waals surface area contributed by atoms with Gasteiger partial charge < -0.3 is 14.7 Å². The number of hydrogen-bond acceptors (Lipinski definition) is 5. The molecule has 1 amide bonds. The van der Waals surface area contributed by atoms with Crippen LogP contribution in [0.4, 0.5) is 4.79 Å². The molecule has 1 aromatic rings. The average molecular weight is 463 g/mol. The molecular weight excluding hydrogens is 440 g/mol. The lowest BCUT2D eigenvalue weighted by molar-refractivity contribution is -0.143. The van der Waals surface area contributed by atoms with Gasteiger partial charge in [0.15, 0.2) is 0 Å². The minimum absolute atomic E-state index is 0.0177. The topological polar surface area (TPSA) is 104 Å². The molecule has 0 saturated carbocycles. The zero-order chi connectivity index (χ0) is 20.4. The summed E-state index contributed by atoms with van der Waals surface area (Å²) in [6.07, 6.45) is -0.660. The third-order valence-corrected chi connectivity index (χ3v) is 6.52. The standard InChI is InChI=1S/C17H23BrN2O6S/c1-17(2,3)26-16(23)19-8-9-20(14(11-19)15(21)22)27(24,25)13-6-4-12(10-18)5-7-13/h4-7,14H,8-11H2,1-3H3,(H,21,22)/t14-/m1/s1. The van der Waals surface area contributed by atoms with Crippen LogP contribution in [-0.2, 0) is 24.9 Å². The van der Waals surface area contributed by atoms with Crippen molar-refractivity contribution in [1.29, 1.82) is 0 Å². The van der Waals surface area contributed by atoms with Crippen molar-refractivity contribution in [3.8, 4) is 0 Å². The van der Waals surface area contributed by atoms with Gasteiger partial charge >= 0.3 is 12.1 Å².